The van der Waals surface area contributed by atoms with E-state index in [0.717, 1.165) is 4.57 Å². The van der Waals surface area contributed by atoms with E-state index in [4.69, 9.17) is 11.6 Å². The quantitative estimate of drug-likeness (QED) is 0.843. The molecule has 0 bridgehead atoms. The summed E-state index contributed by atoms with van der Waals surface area (Å²) in [7, 11) is 2.79. The molecule has 0 saturated heterocycles. The summed E-state index contributed by atoms with van der Waals surface area (Å²) in [6.07, 6.45) is -0.213. The molecule has 2 heterocycles. The van der Waals surface area contributed by atoms with Crippen LogP contribution in [0.1, 0.15) is 17.9 Å². The van der Waals surface area contributed by atoms with E-state index in [0.29, 0.717) is 10.7 Å². The molecule has 1 aliphatic rings. The van der Waals surface area contributed by atoms with Crippen LogP contribution < -0.4 is 21.9 Å². The molecule has 0 fully saturated rings. The number of halogens is 1. The van der Waals surface area contributed by atoms with Gasteiger partial charge in [-0.3, -0.25) is 23.5 Å². The third-order valence-corrected chi connectivity index (χ3v) is 4.38. The van der Waals surface area contributed by atoms with Gasteiger partial charge in [0, 0.05) is 31.2 Å². The number of rotatable bonds is 3. The minimum Gasteiger partial charge on any atom is -0.326 e. The van der Waals surface area contributed by atoms with Gasteiger partial charge in [0.15, 0.2) is 0 Å². The van der Waals surface area contributed by atoms with Crippen molar-refractivity contribution < 1.29 is 9.59 Å². The zero-order valence-electron chi connectivity index (χ0n) is 13.5. The first-order valence-corrected chi connectivity index (χ1v) is 7.83. The van der Waals surface area contributed by atoms with Crippen LogP contribution in [0.25, 0.3) is 0 Å². The Morgan fingerprint density at radius 2 is 1.80 bits per heavy atom. The van der Waals surface area contributed by atoms with Crippen LogP contribution in [-0.4, -0.2) is 20.9 Å². The Labute approximate surface area is 147 Å². The van der Waals surface area contributed by atoms with E-state index >= 15 is 0 Å². The molecular formula is C16H15ClN4O4. The minimum absolute atomic E-state index is 0.126. The predicted octanol–water partition coefficient (Wildman–Crippen LogP) is 0.802. The standard InChI is InChI=1S/C16H15ClN4O4/c1-20-13-12(15(24)21(2)16(20)25)10(14(23)19-13)7-11(22)18-9-5-3-8(17)4-6-9/h3-6,10H,7H2,1-2H3,(H,18,22)(H,19,23)/t10-/m0/s1. The number of carbonyl (C=O) groups is 2. The van der Waals surface area contributed by atoms with Gasteiger partial charge in [0.25, 0.3) is 5.56 Å². The van der Waals surface area contributed by atoms with Gasteiger partial charge in [-0.25, -0.2) is 4.79 Å². The van der Waals surface area contributed by atoms with E-state index in [1.54, 1.807) is 24.3 Å². The highest BCUT2D eigenvalue weighted by atomic mass is 35.5. The average Bonchev–Trinajstić information content (AvgIpc) is 2.90. The molecule has 1 aromatic carbocycles. The SMILES string of the molecule is Cn1c2c(c(=O)n(C)c1=O)[C@H](CC(=O)Nc1ccc(Cl)cc1)C(=O)N2. The normalized spacial score (nSPS) is 15.6. The van der Waals surface area contributed by atoms with Crippen LogP contribution in [0.5, 0.6) is 0 Å². The van der Waals surface area contributed by atoms with Crippen molar-refractivity contribution in [1.82, 2.24) is 9.13 Å². The fraction of sp³-hybridized carbons (Fsp3) is 0.250. The second kappa shape index (κ2) is 6.21. The smallest absolute Gasteiger partial charge is 0.326 e. The molecule has 2 aromatic rings. The summed E-state index contributed by atoms with van der Waals surface area (Å²) in [5, 5.41) is 5.70. The molecule has 8 nitrogen and oxygen atoms in total. The van der Waals surface area contributed by atoms with Gasteiger partial charge in [-0.1, -0.05) is 11.6 Å². The third kappa shape index (κ3) is 2.96. The van der Waals surface area contributed by atoms with Crippen molar-refractivity contribution in [1.29, 1.82) is 0 Å². The van der Waals surface area contributed by atoms with Crippen molar-refractivity contribution in [2.75, 3.05) is 10.6 Å². The van der Waals surface area contributed by atoms with E-state index in [-0.39, 0.29) is 17.8 Å². The van der Waals surface area contributed by atoms with Gasteiger partial charge in [0.1, 0.15) is 5.82 Å². The Bertz CT molecular complexity index is 991. The number of fused-ring (bicyclic) bond motifs is 1. The molecule has 9 heteroatoms. The highest BCUT2D eigenvalue weighted by Gasteiger charge is 2.37. The van der Waals surface area contributed by atoms with Gasteiger partial charge in [-0.2, -0.15) is 0 Å². The topological polar surface area (TPSA) is 102 Å². The number of amides is 2. The van der Waals surface area contributed by atoms with Gasteiger partial charge < -0.3 is 10.6 Å². The highest BCUT2D eigenvalue weighted by Crippen LogP contribution is 2.31. The van der Waals surface area contributed by atoms with E-state index in [9.17, 15) is 19.2 Å². The molecule has 1 aliphatic heterocycles. The average molecular weight is 363 g/mol. The van der Waals surface area contributed by atoms with E-state index in [1.165, 1.54) is 18.7 Å². The largest absolute Gasteiger partial charge is 0.332 e. The minimum atomic E-state index is -0.951. The van der Waals surface area contributed by atoms with Crippen LogP contribution in [-0.2, 0) is 23.7 Å². The molecule has 0 spiro atoms. The molecule has 3 rings (SSSR count). The van der Waals surface area contributed by atoms with Gasteiger partial charge >= 0.3 is 5.69 Å². The van der Waals surface area contributed by atoms with Crippen LogP contribution in [0.4, 0.5) is 11.5 Å². The Hall–Kier alpha value is -2.87. The highest BCUT2D eigenvalue weighted by molar-refractivity contribution is 6.30. The molecule has 25 heavy (non-hydrogen) atoms. The van der Waals surface area contributed by atoms with E-state index in [1.807, 2.05) is 0 Å². The lowest BCUT2D eigenvalue weighted by molar-refractivity contribution is -0.122. The maximum atomic E-state index is 12.4. The number of hydrogen-bond donors (Lipinski definition) is 2. The first-order valence-electron chi connectivity index (χ1n) is 7.45. The van der Waals surface area contributed by atoms with Gasteiger partial charge in [0.2, 0.25) is 11.8 Å². The molecule has 1 aromatic heterocycles. The van der Waals surface area contributed by atoms with E-state index < -0.39 is 29.0 Å². The number of aromatic nitrogens is 2. The van der Waals surface area contributed by atoms with Crippen LogP contribution in [0.2, 0.25) is 5.02 Å². The zero-order chi connectivity index (χ0) is 18.3. The lowest BCUT2D eigenvalue weighted by atomic mass is 9.99. The summed E-state index contributed by atoms with van der Waals surface area (Å²) < 4.78 is 2.11. The van der Waals surface area contributed by atoms with Crippen molar-refractivity contribution in [2.45, 2.75) is 12.3 Å². The Morgan fingerprint density at radius 1 is 1.16 bits per heavy atom. The first kappa shape index (κ1) is 17.0. The number of benzene rings is 1. The third-order valence-electron chi connectivity index (χ3n) is 4.12. The van der Waals surface area contributed by atoms with Crippen LogP contribution in [0.3, 0.4) is 0 Å². The number of nitrogens with one attached hydrogen (secondary N) is 2. The van der Waals surface area contributed by atoms with Crippen molar-refractivity contribution >= 4 is 34.9 Å². The number of hydrogen-bond acceptors (Lipinski definition) is 4. The fourth-order valence-electron chi connectivity index (χ4n) is 2.80. The summed E-state index contributed by atoms with van der Waals surface area (Å²) in [4.78, 5) is 48.8. The maximum Gasteiger partial charge on any atom is 0.332 e. The Morgan fingerprint density at radius 3 is 2.44 bits per heavy atom. The van der Waals surface area contributed by atoms with Gasteiger partial charge in [-0.05, 0) is 24.3 Å². The molecule has 0 aliphatic carbocycles. The molecule has 1 atom stereocenters. The monoisotopic (exact) mass is 362 g/mol. The Kier molecular flexibility index (Phi) is 4.22. The molecular weight excluding hydrogens is 348 g/mol. The van der Waals surface area contributed by atoms with Crippen molar-refractivity contribution in [3.05, 3.63) is 55.7 Å². The fourth-order valence-corrected chi connectivity index (χ4v) is 2.92. The number of carbonyl (C=O) groups excluding carboxylic acids is 2. The first-order chi connectivity index (χ1) is 11.8. The number of anilines is 2. The summed E-state index contributed by atoms with van der Waals surface area (Å²) in [6.45, 7) is 0. The predicted molar refractivity (Wildman–Crippen MR) is 93.0 cm³/mol. The summed E-state index contributed by atoms with van der Waals surface area (Å²) in [6, 6.07) is 6.51. The van der Waals surface area contributed by atoms with Crippen molar-refractivity contribution in [3.63, 3.8) is 0 Å². The molecule has 0 radical (unpaired) electrons. The van der Waals surface area contributed by atoms with Gasteiger partial charge in [-0.15, -0.1) is 0 Å². The second-order valence-electron chi connectivity index (χ2n) is 5.77. The summed E-state index contributed by atoms with van der Waals surface area (Å²) in [5.74, 6) is -1.72. The molecule has 2 amide bonds. The lowest BCUT2D eigenvalue weighted by Crippen LogP contribution is -2.39. The maximum absolute atomic E-state index is 12.4. The molecule has 0 unspecified atom stereocenters. The molecule has 0 saturated carbocycles. The zero-order valence-corrected chi connectivity index (χ0v) is 14.3. The lowest BCUT2D eigenvalue weighted by Gasteiger charge is -2.11. The van der Waals surface area contributed by atoms with Crippen LogP contribution in [0.15, 0.2) is 33.9 Å². The van der Waals surface area contributed by atoms with E-state index in [2.05, 4.69) is 10.6 Å². The van der Waals surface area contributed by atoms with Crippen LogP contribution >= 0.6 is 11.6 Å². The second-order valence-corrected chi connectivity index (χ2v) is 6.21. The number of nitrogens with zero attached hydrogens (tertiary/aromatic N) is 2. The summed E-state index contributed by atoms with van der Waals surface area (Å²) >= 11 is 5.79. The van der Waals surface area contributed by atoms with Crippen molar-refractivity contribution in [3.8, 4) is 0 Å². The van der Waals surface area contributed by atoms with Crippen molar-refractivity contribution in [2.24, 2.45) is 14.1 Å². The molecule has 2 N–H and O–H groups in total. The van der Waals surface area contributed by atoms with Gasteiger partial charge in [0.05, 0.1) is 11.5 Å². The Balaban J connectivity index is 1.89. The summed E-state index contributed by atoms with van der Waals surface area (Å²) in [5.41, 5.74) is -0.474. The van der Waals surface area contributed by atoms with Crippen LogP contribution in [0, 0.1) is 0 Å². The molecule has 130 valence electrons.